The standard InChI is InChI=1S/C25H27N3O/c1-25(2,3)20-9-11-21(12-10-20)28-17-19-7-4-8-22(23(19)24(28)29)27-15-13-18-6-5-14-26-16-18/h4-12,14,16,27H,13,15,17H2,1-3H3. The summed E-state index contributed by atoms with van der Waals surface area (Å²) in [6.45, 7) is 7.96. The maximum atomic E-state index is 13.2. The van der Waals surface area contributed by atoms with Crippen LogP contribution in [0.1, 0.15) is 47.8 Å². The lowest BCUT2D eigenvalue weighted by atomic mass is 9.87. The normalized spacial score (nSPS) is 13.5. The van der Waals surface area contributed by atoms with Gasteiger partial charge in [0.25, 0.3) is 5.91 Å². The minimum absolute atomic E-state index is 0.0630. The second-order valence-electron chi connectivity index (χ2n) is 8.57. The van der Waals surface area contributed by atoms with Crippen molar-refractivity contribution < 1.29 is 4.79 Å². The topological polar surface area (TPSA) is 45.2 Å². The molecule has 2 heterocycles. The molecular weight excluding hydrogens is 358 g/mol. The van der Waals surface area contributed by atoms with E-state index in [0.29, 0.717) is 6.54 Å². The number of nitrogens with zero attached hydrogens (tertiary/aromatic N) is 2. The monoisotopic (exact) mass is 385 g/mol. The number of fused-ring (bicyclic) bond motifs is 1. The van der Waals surface area contributed by atoms with Gasteiger partial charge >= 0.3 is 0 Å². The number of pyridine rings is 1. The molecule has 29 heavy (non-hydrogen) atoms. The maximum absolute atomic E-state index is 13.2. The molecule has 0 fully saturated rings. The Kier molecular flexibility index (Phi) is 5.10. The predicted molar refractivity (Wildman–Crippen MR) is 119 cm³/mol. The third-order valence-corrected chi connectivity index (χ3v) is 5.44. The van der Waals surface area contributed by atoms with E-state index >= 15 is 0 Å². The fourth-order valence-electron chi connectivity index (χ4n) is 3.75. The molecule has 4 heteroatoms. The first-order chi connectivity index (χ1) is 13.9. The van der Waals surface area contributed by atoms with Gasteiger partial charge in [-0.05, 0) is 52.8 Å². The molecule has 4 nitrogen and oxygen atoms in total. The highest BCUT2D eigenvalue weighted by Crippen LogP contribution is 2.34. The van der Waals surface area contributed by atoms with Crippen LogP contribution in [0.2, 0.25) is 0 Å². The van der Waals surface area contributed by atoms with Gasteiger partial charge in [0, 0.05) is 30.3 Å². The van der Waals surface area contributed by atoms with E-state index in [1.807, 2.05) is 35.4 Å². The summed E-state index contributed by atoms with van der Waals surface area (Å²) in [7, 11) is 0. The summed E-state index contributed by atoms with van der Waals surface area (Å²) < 4.78 is 0. The molecule has 0 atom stereocenters. The fourth-order valence-corrected chi connectivity index (χ4v) is 3.75. The van der Waals surface area contributed by atoms with Crippen LogP contribution in [0, 0.1) is 0 Å². The van der Waals surface area contributed by atoms with E-state index in [1.54, 1.807) is 6.20 Å². The zero-order valence-electron chi connectivity index (χ0n) is 17.3. The Morgan fingerprint density at radius 2 is 1.83 bits per heavy atom. The lowest BCUT2D eigenvalue weighted by Gasteiger charge is -2.21. The Labute approximate surface area is 172 Å². The summed E-state index contributed by atoms with van der Waals surface area (Å²) in [5, 5.41) is 3.45. The van der Waals surface area contributed by atoms with E-state index in [2.05, 4.69) is 61.4 Å². The Hall–Kier alpha value is -3.14. The van der Waals surface area contributed by atoms with Crippen molar-refractivity contribution >= 4 is 17.3 Å². The van der Waals surface area contributed by atoms with Crippen LogP contribution < -0.4 is 10.2 Å². The molecular formula is C25H27N3O. The number of aromatic nitrogens is 1. The zero-order valence-corrected chi connectivity index (χ0v) is 17.3. The number of carbonyl (C=O) groups excluding carboxylic acids is 1. The van der Waals surface area contributed by atoms with Gasteiger partial charge in [0.05, 0.1) is 12.1 Å². The number of amides is 1. The lowest BCUT2D eigenvalue weighted by Crippen LogP contribution is -2.23. The van der Waals surface area contributed by atoms with Gasteiger partial charge in [-0.2, -0.15) is 0 Å². The van der Waals surface area contributed by atoms with Gasteiger partial charge in [-0.25, -0.2) is 0 Å². The second kappa shape index (κ2) is 7.70. The Morgan fingerprint density at radius 1 is 1.03 bits per heavy atom. The van der Waals surface area contributed by atoms with Crippen molar-refractivity contribution in [2.45, 2.75) is 39.2 Å². The van der Waals surface area contributed by atoms with E-state index in [1.165, 1.54) is 11.1 Å². The Bertz CT molecular complexity index is 1000. The SMILES string of the molecule is CC(C)(C)c1ccc(N2Cc3cccc(NCCc4cccnc4)c3C2=O)cc1. The van der Waals surface area contributed by atoms with Crippen LogP contribution >= 0.6 is 0 Å². The molecule has 1 amide bonds. The third kappa shape index (κ3) is 4.02. The van der Waals surface area contributed by atoms with Crippen molar-refractivity contribution in [2.24, 2.45) is 0 Å². The molecule has 0 aliphatic carbocycles. The molecule has 0 spiro atoms. The van der Waals surface area contributed by atoms with Crippen LogP contribution in [0.4, 0.5) is 11.4 Å². The summed E-state index contributed by atoms with van der Waals surface area (Å²) in [6, 6.07) is 18.4. The van der Waals surface area contributed by atoms with Gasteiger partial charge in [0.1, 0.15) is 0 Å². The number of carbonyl (C=O) groups is 1. The minimum atomic E-state index is 0.0630. The highest BCUT2D eigenvalue weighted by molar-refractivity contribution is 6.13. The number of benzene rings is 2. The van der Waals surface area contributed by atoms with Crippen molar-refractivity contribution in [3.63, 3.8) is 0 Å². The van der Waals surface area contributed by atoms with Gasteiger partial charge < -0.3 is 10.2 Å². The summed E-state index contributed by atoms with van der Waals surface area (Å²) in [6.07, 6.45) is 4.52. The first kappa shape index (κ1) is 19.2. The van der Waals surface area contributed by atoms with E-state index in [-0.39, 0.29) is 11.3 Å². The van der Waals surface area contributed by atoms with Gasteiger partial charge in [-0.1, -0.05) is 51.1 Å². The molecule has 0 saturated heterocycles. The summed E-state index contributed by atoms with van der Waals surface area (Å²) in [5.74, 6) is 0.0630. The minimum Gasteiger partial charge on any atom is -0.384 e. The highest BCUT2D eigenvalue weighted by Gasteiger charge is 2.31. The molecule has 0 bridgehead atoms. The molecule has 2 aromatic carbocycles. The average Bonchev–Trinajstić information content (AvgIpc) is 3.06. The van der Waals surface area contributed by atoms with E-state index < -0.39 is 0 Å². The van der Waals surface area contributed by atoms with Crippen molar-refractivity contribution in [1.29, 1.82) is 0 Å². The summed E-state index contributed by atoms with van der Waals surface area (Å²) >= 11 is 0. The van der Waals surface area contributed by atoms with Crippen LogP contribution in [0.25, 0.3) is 0 Å². The van der Waals surface area contributed by atoms with Crippen molar-refractivity contribution in [2.75, 3.05) is 16.8 Å². The van der Waals surface area contributed by atoms with Crippen molar-refractivity contribution in [1.82, 2.24) is 4.98 Å². The summed E-state index contributed by atoms with van der Waals surface area (Å²) in [4.78, 5) is 19.2. The number of anilines is 2. The average molecular weight is 386 g/mol. The molecule has 1 aliphatic heterocycles. The quantitative estimate of drug-likeness (QED) is 0.657. The molecule has 1 N–H and O–H groups in total. The lowest BCUT2D eigenvalue weighted by molar-refractivity contribution is 0.0997. The molecule has 0 radical (unpaired) electrons. The Morgan fingerprint density at radius 3 is 2.52 bits per heavy atom. The largest absolute Gasteiger partial charge is 0.384 e. The van der Waals surface area contributed by atoms with Gasteiger partial charge in [-0.15, -0.1) is 0 Å². The Balaban J connectivity index is 1.50. The number of hydrogen-bond donors (Lipinski definition) is 1. The van der Waals surface area contributed by atoms with Crippen LogP contribution in [0.15, 0.2) is 67.0 Å². The second-order valence-corrected chi connectivity index (χ2v) is 8.57. The van der Waals surface area contributed by atoms with Gasteiger partial charge in [-0.3, -0.25) is 9.78 Å². The molecule has 0 unspecified atom stereocenters. The molecule has 0 saturated carbocycles. The molecule has 4 rings (SSSR count). The first-order valence-electron chi connectivity index (χ1n) is 10.1. The fraction of sp³-hybridized carbons (Fsp3) is 0.280. The molecule has 1 aliphatic rings. The first-order valence-corrected chi connectivity index (χ1v) is 10.1. The van der Waals surface area contributed by atoms with Crippen molar-refractivity contribution in [3.05, 3.63) is 89.2 Å². The van der Waals surface area contributed by atoms with Crippen LogP contribution in [0.5, 0.6) is 0 Å². The van der Waals surface area contributed by atoms with Crippen molar-refractivity contribution in [3.8, 4) is 0 Å². The third-order valence-electron chi connectivity index (χ3n) is 5.44. The van der Waals surface area contributed by atoms with Gasteiger partial charge in [0.15, 0.2) is 0 Å². The van der Waals surface area contributed by atoms with E-state index in [9.17, 15) is 4.79 Å². The van der Waals surface area contributed by atoms with E-state index in [4.69, 9.17) is 0 Å². The number of nitrogens with one attached hydrogen (secondary N) is 1. The van der Waals surface area contributed by atoms with Crippen LogP contribution in [0.3, 0.4) is 0 Å². The molecule has 148 valence electrons. The molecule has 1 aromatic heterocycles. The van der Waals surface area contributed by atoms with E-state index in [0.717, 1.165) is 35.5 Å². The predicted octanol–water partition coefficient (Wildman–Crippen LogP) is 5.19. The van der Waals surface area contributed by atoms with Gasteiger partial charge in [0.2, 0.25) is 0 Å². The molecule has 3 aromatic rings. The van der Waals surface area contributed by atoms with Crippen LogP contribution in [-0.2, 0) is 18.4 Å². The zero-order chi connectivity index (χ0) is 20.4. The highest BCUT2D eigenvalue weighted by atomic mass is 16.2. The van der Waals surface area contributed by atoms with Crippen LogP contribution in [-0.4, -0.2) is 17.4 Å². The summed E-state index contributed by atoms with van der Waals surface area (Å²) in [5.41, 5.74) is 6.26. The smallest absolute Gasteiger partial charge is 0.261 e. The maximum Gasteiger partial charge on any atom is 0.261 e. The number of hydrogen-bond acceptors (Lipinski definition) is 3. The number of rotatable bonds is 5.